The monoisotopic (exact) mass is 535 g/mol. The van der Waals surface area contributed by atoms with Crippen LogP contribution in [0.2, 0.25) is 0 Å². The highest BCUT2D eigenvalue weighted by Gasteiger charge is 2.30. The van der Waals surface area contributed by atoms with Gasteiger partial charge in [0.2, 0.25) is 5.88 Å². The van der Waals surface area contributed by atoms with Crippen LogP contribution in [-0.4, -0.2) is 48.6 Å². The van der Waals surface area contributed by atoms with Gasteiger partial charge in [0.25, 0.3) is 0 Å². The van der Waals surface area contributed by atoms with E-state index in [0.29, 0.717) is 19.0 Å². The van der Waals surface area contributed by atoms with Crippen LogP contribution in [0.25, 0.3) is 11.1 Å². The van der Waals surface area contributed by atoms with E-state index in [1.165, 1.54) is 6.26 Å². The third-order valence-electron chi connectivity index (χ3n) is 6.77. The van der Waals surface area contributed by atoms with E-state index in [4.69, 9.17) is 4.74 Å². The number of hydrogen-bond donors (Lipinski definition) is 2. The van der Waals surface area contributed by atoms with Gasteiger partial charge in [-0.15, -0.1) is 0 Å². The molecule has 3 atom stereocenters. The first-order valence-electron chi connectivity index (χ1n) is 12.7. The number of ether oxygens (including phenoxy) is 1. The number of rotatable bonds is 9. The zero-order valence-corrected chi connectivity index (χ0v) is 22.7. The molecule has 2 aromatic heterocycles. The van der Waals surface area contributed by atoms with Crippen LogP contribution in [-0.2, 0) is 22.6 Å². The van der Waals surface area contributed by atoms with Gasteiger partial charge in [-0.05, 0) is 28.7 Å². The van der Waals surface area contributed by atoms with Crippen molar-refractivity contribution >= 4 is 15.5 Å². The molecule has 4 aromatic rings. The fraction of sp³-hybridized carbons (Fsp3) is 0.310. The van der Waals surface area contributed by atoms with Gasteiger partial charge >= 0.3 is 0 Å². The lowest BCUT2D eigenvalue weighted by molar-refractivity contribution is 0.149. The number of aryl methyl sites for hydroxylation is 1. The average Bonchev–Trinajstić information content (AvgIpc) is 3.34. The first-order valence-corrected chi connectivity index (χ1v) is 14.8. The van der Waals surface area contributed by atoms with Crippen molar-refractivity contribution in [3.05, 3.63) is 95.9 Å². The fourth-order valence-corrected chi connectivity index (χ4v) is 5.61. The minimum atomic E-state index is -3.09. The van der Waals surface area contributed by atoms with E-state index in [0.717, 1.165) is 33.5 Å². The standard InChI is InChI=1S/C29H33N5O3S.2H2/c1-20(23-11-7-8-21(12-23)19-38(3,35)36)14-31-28(22-9-5-4-6-10-22)27-17-30-26-13-24(15-32-29(26)37-27)25-16-33-34(2)18-25;;/h4-13,15-16,18,20,27-28,30-31H,14,17,19H2,1-3H3;2*1H/t20-,27-,28+;;/m0../s1. The summed E-state index contributed by atoms with van der Waals surface area (Å²) in [5.41, 5.74) is 5.90. The van der Waals surface area contributed by atoms with Gasteiger partial charge in [0.05, 0.1) is 30.2 Å². The SMILES string of the molecule is C[C@@H](CN[C@H](c1ccccc1)[C@@H]1CNc2cc(-c3cnn(C)c3)cnc2O1)c1cccc(CS(C)(=O)=O)c1.[HH].[HH]. The molecule has 8 nitrogen and oxygen atoms in total. The molecule has 0 radical (unpaired) electrons. The Morgan fingerprint density at radius 1 is 1.11 bits per heavy atom. The summed E-state index contributed by atoms with van der Waals surface area (Å²) in [7, 11) is -1.19. The summed E-state index contributed by atoms with van der Waals surface area (Å²) in [4.78, 5) is 4.61. The quantitative estimate of drug-likeness (QED) is 0.317. The van der Waals surface area contributed by atoms with Crippen molar-refractivity contribution in [3.8, 4) is 17.0 Å². The van der Waals surface area contributed by atoms with Crippen molar-refractivity contribution in [1.29, 1.82) is 0 Å². The number of sulfone groups is 1. The van der Waals surface area contributed by atoms with Crippen molar-refractivity contribution in [2.45, 2.75) is 30.7 Å². The van der Waals surface area contributed by atoms with E-state index < -0.39 is 9.84 Å². The summed E-state index contributed by atoms with van der Waals surface area (Å²) in [6, 6.07) is 20.1. The Hall–Kier alpha value is -3.69. The maximum absolute atomic E-state index is 11.8. The van der Waals surface area contributed by atoms with Gasteiger partial charge in [0.1, 0.15) is 6.10 Å². The van der Waals surface area contributed by atoms with Crippen LogP contribution < -0.4 is 15.4 Å². The van der Waals surface area contributed by atoms with E-state index in [1.54, 1.807) is 4.68 Å². The second kappa shape index (κ2) is 11.0. The molecule has 0 spiro atoms. The van der Waals surface area contributed by atoms with Crippen molar-refractivity contribution in [1.82, 2.24) is 20.1 Å². The summed E-state index contributed by atoms with van der Waals surface area (Å²) in [6.07, 6.45) is 6.69. The van der Waals surface area contributed by atoms with Gasteiger partial charge < -0.3 is 15.4 Å². The molecule has 0 fully saturated rings. The van der Waals surface area contributed by atoms with Crippen molar-refractivity contribution in [2.75, 3.05) is 24.7 Å². The highest BCUT2D eigenvalue weighted by molar-refractivity contribution is 7.89. The van der Waals surface area contributed by atoms with Crippen LogP contribution in [0.5, 0.6) is 5.88 Å². The predicted octanol–water partition coefficient (Wildman–Crippen LogP) is 4.83. The molecular formula is C29H37N5O3S. The van der Waals surface area contributed by atoms with E-state index >= 15 is 0 Å². The summed E-state index contributed by atoms with van der Waals surface area (Å²) >= 11 is 0. The van der Waals surface area contributed by atoms with Crippen molar-refractivity contribution in [3.63, 3.8) is 0 Å². The topological polar surface area (TPSA) is 98.1 Å². The first kappa shape index (κ1) is 25.9. The number of anilines is 1. The molecular weight excluding hydrogens is 498 g/mol. The van der Waals surface area contributed by atoms with Crippen LogP contribution >= 0.6 is 0 Å². The second-order valence-electron chi connectivity index (χ2n) is 10.0. The number of pyridine rings is 1. The Morgan fingerprint density at radius 2 is 1.89 bits per heavy atom. The van der Waals surface area contributed by atoms with Crippen molar-refractivity contribution in [2.24, 2.45) is 7.05 Å². The molecule has 0 saturated carbocycles. The van der Waals surface area contributed by atoms with E-state index in [1.807, 2.05) is 74.2 Å². The minimum absolute atomic E-state index is 0. The molecule has 0 saturated heterocycles. The summed E-state index contributed by atoms with van der Waals surface area (Å²) < 4.78 is 31.7. The smallest absolute Gasteiger partial charge is 0.237 e. The van der Waals surface area contributed by atoms with Gasteiger partial charge in [-0.3, -0.25) is 4.68 Å². The molecule has 202 valence electrons. The van der Waals surface area contributed by atoms with E-state index in [-0.39, 0.29) is 26.7 Å². The Morgan fingerprint density at radius 3 is 2.63 bits per heavy atom. The van der Waals surface area contributed by atoms with Gasteiger partial charge in [-0.25, -0.2) is 13.4 Å². The Balaban J connectivity index is 0.00000220. The molecule has 0 unspecified atom stereocenters. The van der Waals surface area contributed by atoms with Crippen molar-refractivity contribution < 1.29 is 16.0 Å². The Labute approximate surface area is 227 Å². The Bertz CT molecular complexity index is 1520. The van der Waals surface area contributed by atoms with Crippen LogP contribution in [0.1, 0.15) is 38.4 Å². The van der Waals surface area contributed by atoms with Crippen LogP contribution in [0.4, 0.5) is 5.69 Å². The lowest BCUT2D eigenvalue weighted by Crippen LogP contribution is -2.43. The molecule has 1 aliphatic heterocycles. The minimum Gasteiger partial charge on any atom is -0.469 e. The highest BCUT2D eigenvalue weighted by atomic mass is 32.2. The maximum Gasteiger partial charge on any atom is 0.237 e. The van der Waals surface area contributed by atoms with Gasteiger partial charge in [0.15, 0.2) is 9.84 Å². The van der Waals surface area contributed by atoms with E-state index in [2.05, 4.69) is 39.8 Å². The third-order valence-corrected chi connectivity index (χ3v) is 7.63. The number of nitrogens with zero attached hydrogens (tertiary/aromatic N) is 3. The zero-order valence-electron chi connectivity index (χ0n) is 21.8. The van der Waals surface area contributed by atoms with E-state index in [9.17, 15) is 8.42 Å². The molecule has 2 aromatic carbocycles. The summed E-state index contributed by atoms with van der Waals surface area (Å²) in [5.74, 6) is 0.798. The van der Waals surface area contributed by atoms with Gasteiger partial charge in [-0.1, -0.05) is 61.5 Å². The number of fused-ring (bicyclic) bond motifs is 1. The molecule has 2 N–H and O–H groups in total. The second-order valence-corrected chi connectivity index (χ2v) is 12.2. The summed E-state index contributed by atoms with van der Waals surface area (Å²) in [5, 5.41) is 11.5. The highest BCUT2D eigenvalue weighted by Crippen LogP contribution is 2.34. The third kappa shape index (κ3) is 6.23. The normalized spacial score (nSPS) is 16.7. The van der Waals surface area contributed by atoms with Crippen LogP contribution in [0.15, 0.2) is 79.3 Å². The molecule has 3 heterocycles. The number of aromatic nitrogens is 3. The lowest BCUT2D eigenvalue weighted by Gasteiger charge is -2.34. The molecule has 9 heteroatoms. The molecule has 1 aliphatic rings. The summed E-state index contributed by atoms with van der Waals surface area (Å²) in [6.45, 7) is 3.46. The van der Waals surface area contributed by atoms with Crippen LogP contribution in [0, 0.1) is 0 Å². The maximum atomic E-state index is 11.8. The van der Waals surface area contributed by atoms with Gasteiger partial charge in [-0.2, -0.15) is 5.10 Å². The molecule has 0 aliphatic carbocycles. The molecule has 5 rings (SSSR count). The predicted molar refractivity (Wildman–Crippen MR) is 154 cm³/mol. The first-order chi connectivity index (χ1) is 18.2. The lowest BCUT2D eigenvalue weighted by atomic mass is 9.96. The van der Waals surface area contributed by atoms with Crippen LogP contribution in [0.3, 0.4) is 0 Å². The fourth-order valence-electron chi connectivity index (χ4n) is 4.82. The van der Waals surface area contributed by atoms with Gasteiger partial charge in [0, 0.05) is 46.2 Å². The molecule has 0 amide bonds. The number of nitrogens with one attached hydrogen (secondary N) is 2. The largest absolute Gasteiger partial charge is 0.469 e. The zero-order chi connectivity index (χ0) is 26.7. The molecule has 0 bridgehead atoms. The number of benzene rings is 2. The average molecular weight is 536 g/mol. The molecule has 38 heavy (non-hydrogen) atoms. The number of hydrogen-bond acceptors (Lipinski definition) is 7. The Kier molecular flexibility index (Phi) is 7.49.